The van der Waals surface area contributed by atoms with Gasteiger partial charge in [-0.05, 0) is 25.7 Å². The molecule has 3 fully saturated rings. The molecule has 0 bridgehead atoms. The maximum atomic E-state index is 12.5. The average molecular weight is 336 g/mol. The standard InChI is InChI=1S/C18H32N4O2/c1-20(16-5-3-2-4-6-16)18(24)14-22-11-9-21(10-12-22)13-17(23)19-15-7-8-15/h15-16H,2-14H2,1H3,(H,19,23). The summed E-state index contributed by atoms with van der Waals surface area (Å²) in [7, 11) is 1.97. The minimum absolute atomic E-state index is 0.152. The molecule has 6 nitrogen and oxygen atoms in total. The van der Waals surface area contributed by atoms with Crippen molar-refractivity contribution < 1.29 is 9.59 Å². The first-order chi connectivity index (χ1) is 11.6. The van der Waals surface area contributed by atoms with Crippen molar-refractivity contribution in [1.29, 1.82) is 0 Å². The van der Waals surface area contributed by atoms with E-state index < -0.39 is 0 Å². The molecule has 6 heteroatoms. The fraction of sp³-hybridized carbons (Fsp3) is 0.889. The van der Waals surface area contributed by atoms with Crippen LogP contribution >= 0.6 is 0 Å². The second-order valence-electron chi connectivity index (χ2n) is 7.69. The monoisotopic (exact) mass is 336 g/mol. The summed E-state index contributed by atoms with van der Waals surface area (Å²) in [5, 5.41) is 3.04. The Morgan fingerprint density at radius 3 is 2.08 bits per heavy atom. The Morgan fingerprint density at radius 1 is 0.917 bits per heavy atom. The van der Waals surface area contributed by atoms with E-state index in [-0.39, 0.29) is 11.8 Å². The van der Waals surface area contributed by atoms with E-state index in [4.69, 9.17) is 0 Å². The topological polar surface area (TPSA) is 55.9 Å². The molecule has 0 aromatic heterocycles. The lowest BCUT2D eigenvalue weighted by atomic mass is 9.94. The van der Waals surface area contributed by atoms with Crippen LogP contribution in [0.25, 0.3) is 0 Å². The zero-order valence-corrected chi connectivity index (χ0v) is 15.0. The van der Waals surface area contributed by atoms with Crippen LogP contribution < -0.4 is 5.32 Å². The maximum Gasteiger partial charge on any atom is 0.236 e. The molecule has 136 valence electrons. The SMILES string of the molecule is CN(C(=O)CN1CCN(CC(=O)NC2CC2)CC1)C1CCCCC1. The van der Waals surface area contributed by atoms with E-state index in [1.807, 2.05) is 11.9 Å². The van der Waals surface area contributed by atoms with Crippen LogP contribution in [0.2, 0.25) is 0 Å². The third-order valence-electron chi connectivity index (χ3n) is 5.65. The van der Waals surface area contributed by atoms with Crippen LogP contribution in [-0.2, 0) is 9.59 Å². The summed E-state index contributed by atoms with van der Waals surface area (Å²) in [6, 6.07) is 0.880. The normalized spacial score (nSPS) is 23.9. The lowest BCUT2D eigenvalue weighted by molar-refractivity contribution is -0.134. The van der Waals surface area contributed by atoms with Gasteiger partial charge in [-0.25, -0.2) is 0 Å². The molecule has 0 aromatic carbocycles. The number of likely N-dealkylation sites (N-methyl/N-ethyl adjacent to an activating group) is 1. The number of hydrogen-bond donors (Lipinski definition) is 1. The molecule has 0 atom stereocenters. The van der Waals surface area contributed by atoms with Crippen LogP contribution in [0.15, 0.2) is 0 Å². The van der Waals surface area contributed by atoms with Gasteiger partial charge in [0, 0.05) is 45.3 Å². The van der Waals surface area contributed by atoms with Gasteiger partial charge in [-0.2, -0.15) is 0 Å². The molecule has 3 aliphatic rings. The average Bonchev–Trinajstić information content (AvgIpc) is 3.40. The van der Waals surface area contributed by atoms with Crippen LogP contribution in [0.1, 0.15) is 44.9 Å². The summed E-state index contributed by atoms with van der Waals surface area (Å²) in [5.41, 5.74) is 0. The fourth-order valence-corrected chi connectivity index (χ4v) is 3.78. The van der Waals surface area contributed by atoms with Gasteiger partial charge in [0.2, 0.25) is 11.8 Å². The van der Waals surface area contributed by atoms with Gasteiger partial charge in [-0.15, -0.1) is 0 Å². The van der Waals surface area contributed by atoms with Crippen molar-refractivity contribution in [3.05, 3.63) is 0 Å². The first kappa shape index (κ1) is 17.7. The number of carbonyl (C=O) groups excluding carboxylic acids is 2. The number of piperazine rings is 1. The largest absolute Gasteiger partial charge is 0.352 e. The Kier molecular flexibility index (Phi) is 6.11. The molecule has 2 amide bonds. The second-order valence-corrected chi connectivity index (χ2v) is 7.69. The predicted octanol–water partition coefficient (Wildman–Crippen LogP) is 0.674. The van der Waals surface area contributed by atoms with Gasteiger partial charge in [0.1, 0.15) is 0 Å². The molecule has 1 N–H and O–H groups in total. The van der Waals surface area contributed by atoms with E-state index >= 15 is 0 Å². The van der Waals surface area contributed by atoms with Crippen molar-refractivity contribution in [2.75, 3.05) is 46.3 Å². The molecule has 1 aliphatic heterocycles. The van der Waals surface area contributed by atoms with Crippen LogP contribution in [0.4, 0.5) is 0 Å². The molecule has 0 spiro atoms. The highest BCUT2D eigenvalue weighted by molar-refractivity contribution is 5.79. The van der Waals surface area contributed by atoms with Gasteiger partial charge in [0.25, 0.3) is 0 Å². The smallest absolute Gasteiger partial charge is 0.236 e. The van der Waals surface area contributed by atoms with Crippen LogP contribution in [-0.4, -0.2) is 84.9 Å². The zero-order chi connectivity index (χ0) is 16.9. The van der Waals surface area contributed by atoms with Gasteiger partial charge in [-0.1, -0.05) is 19.3 Å². The van der Waals surface area contributed by atoms with Crippen molar-refractivity contribution in [3.8, 4) is 0 Å². The number of carbonyl (C=O) groups is 2. The van der Waals surface area contributed by atoms with Gasteiger partial charge < -0.3 is 10.2 Å². The summed E-state index contributed by atoms with van der Waals surface area (Å²) in [4.78, 5) is 30.8. The minimum atomic E-state index is 0.152. The number of amides is 2. The van der Waals surface area contributed by atoms with Crippen molar-refractivity contribution in [2.45, 2.75) is 57.0 Å². The molecule has 2 aliphatic carbocycles. The predicted molar refractivity (Wildman–Crippen MR) is 93.7 cm³/mol. The van der Waals surface area contributed by atoms with Gasteiger partial charge in [0.05, 0.1) is 13.1 Å². The Labute approximate surface area is 145 Å². The van der Waals surface area contributed by atoms with Crippen molar-refractivity contribution >= 4 is 11.8 Å². The molecule has 24 heavy (non-hydrogen) atoms. The molecule has 1 saturated heterocycles. The number of rotatable bonds is 6. The first-order valence-corrected chi connectivity index (χ1v) is 9.61. The van der Waals surface area contributed by atoms with Crippen molar-refractivity contribution in [1.82, 2.24) is 20.0 Å². The molecule has 0 radical (unpaired) electrons. The van der Waals surface area contributed by atoms with Crippen molar-refractivity contribution in [3.63, 3.8) is 0 Å². The maximum absolute atomic E-state index is 12.5. The summed E-state index contributed by atoms with van der Waals surface area (Å²) in [6.07, 6.45) is 8.41. The zero-order valence-electron chi connectivity index (χ0n) is 15.0. The summed E-state index contributed by atoms with van der Waals surface area (Å²) in [6.45, 7) is 4.52. The molecule has 0 unspecified atom stereocenters. The van der Waals surface area contributed by atoms with E-state index in [2.05, 4.69) is 15.1 Å². The number of nitrogens with one attached hydrogen (secondary N) is 1. The Morgan fingerprint density at radius 2 is 1.50 bits per heavy atom. The third kappa shape index (κ3) is 5.18. The molecular formula is C18H32N4O2. The highest BCUT2D eigenvalue weighted by Gasteiger charge is 2.27. The van der Waals surface area contributed by atoms with Gasteiger partial charge in [-0.3, -0.25) is 19.4 Å². The van der Waals surface area contributed by atoms with Crippen molar-refractivity contribution in [2.24, 2.45) is 0 Å². The molecule has 2 saturated carbocycles. The second kappa shape index (κ2) is 8.30. The lowest BCUT2D eigenvalue weighted by Crippen LogP contribution is -2.52. The van der Waals surface area contributed by atoms with Crippen LogP contribution in [0, 0.1) is 0 Å². The van der Waals surface area contributed by atoms with E-state index in [0.29, 0.717) is 25.2 Å². The minimum Gasteiger partial charge on any atom is -0.352 e. The molecular weight excluding hydrogens is 304 g/mol. The van der Waals surface area contributed by atoms with E-state index in [9.17, 15) is 9.59 Å². The van der Waals surface area contributed by atoms with Crippen LogP contribution in [0.3, 0.4) is 0 Å². The summed E-state index contributed by atoms with van der Waals surface area (Å²) >= 11 is 0. The van der Waals surface area contributed by atoms with Gasteiger partial charge in [0.15, 0.2) is 0 Å². The first-order valence-electron chi connectivity index (χ1n) is 9.61. The highest BCUT2D eigenvalue weighted by atomic mass is 16.2. The number of hydrogen-bond acceptors (Lipinski definition) is 4. The summed E-state index contributed by atoms with van der Waals surface area (Å²) < 4.78 is 0. The molecule has 3 rings (SSSR count). The Bertz CT molecular complexity index is 438. The van der Waals surface area contributed by atoms with E-state index in [0.717, 1.165) is 51.9 Å². The Balaban J connectivity index is 1.35. The lowest BCUT2D eigenvalue weighted by Gasteiger charge is -2.36. The fourth-order valence-electron chi connectivity index (χ4n) is 3.78. The van der Waals surface area contributed by atoms with E-state index in [1.165, 1.54) is 19.3 Å². The van der Waals surface area contributed by atoms with E-state index in [1.54, 1.807) is 0 Å². The Hall–Kier alpha value is -1.14. The highest BCUT2D eigenvalue weighted by Crippen LogP contribution is 2.22. The van der Waals surface area contributed by atoms with Gasteiger partial charge >= 0.3 is 0 Å². The third-order valence-corrected chi connectivity index (χ3v) is 5.65. The van der Waals surface area contributed by atoms with Crippen LogP contribution in [0.5, 0.6) is 0 Å². The quantitative estimate of drug-likeness (QED) is 0.775. The summed E-state index contributed by atoms with van der Waals surface area (Å²) in [5.74, 6) is 0.404. The number of nitrogens with zero attached hydrogens (tertiary/aromatic N) is 3. The molecule has 1 heterocycles. The molecule has 0 aromatic rings.